The molecule has 3 heteroatoms. The van der Waals surface area contributed by atoms with Crippen molar-refractivity contribution in [3.05, 3.63) is 53.3 Å². The largest absolute Gasteiger partial charge is 0.343 e. The third-order valence-electron chi connectivity index (χ3n) is 4.32. The maximum atomic E-state index is 4.68. The summed E-state index contributed by atoms with van der Waals surface area (Å²) in [5.41, 5.74) is 7.57. The average molecular weight is 315 g/mol. The van der Waals surface area contributed by atoms with Crippen molar-refractivity contribution >= 4 is 23.3 Å². The molecule has 1 aromatic carbocycles. The van der Waals surface area contributed by atoms with E-state index in [1.807, 2.05) is 6.20 Å². The molecule has 0 aliphatic heterocycles. The monoisotopic (exact) mass is 314 g/mol. The highest BCUT2D eigenvalue weighted by Crippen LogP contribution is 2.32. The van der Waals surface area contributed by atoms with E-state index in [-0.39, 0.29) is 12.4 Å². The van der Waals surface area contributed by atoms with Gasteiger partial charge in [-0.2, -0.15) is 0 Å². The van der Waals surface area contributed by atoms with Crippen LogP contribution in [0.4, 0.5) is 0 Å². The number of nitrogens with zero attached hydrogens (tertiary/aromatic N) is 2. The Hall–Kier alpha value is -1.80. The van der Waals surface area contributed by atoms with Gasteiger partial charge in [0.2, 0.25) is 0 Å². The molecule has 22 heavy (non-hydrogen) atoms. The minimum Gasteiger partial charge on any atom is -0.343 e. The normalized spacial score (nSPS) is 10.7. The lowest BCUT2D eigenvalue weighted by Gasteiger charge is -2.10. The van der Waals surface area contributed by atoms with Crippen LogP contribution < -0.4 is 0 Å². The Morgan fingerprint density at radius 3 is 2.32 bits per heavy atom. The molecule has 0 amide bonds. The molecular formula is C19H23ClN2. The summed E-state index contributed by atoms with van der Waals surface area (Å²) in [5.74, 6) is 0. The van der Waals surface area contributed by atoms with Crippen molar-refractivity contribution in [2.24, 2.45) is 0 Å². The Morgan fingerprint density at radius 2 is 1.68 bits per heavy atom. The van der Waals surface area contributed by atoms with Crippen LogP contribution in [0.2, 0.25) is 0 Å². The van der Waals surface area contributed by atoms with Crippen LogP contribution in [0.3, 0.4) is 0 Å². The summed E-state index contributed by atoms with van der Waals surface area (Å²) < 4.78 is 2.42. The summed E-state index contributed by atoms with van der Waals surface area (Å²) in [4.78, 5) is 4.68. The van der Waals surface area contributed by atoms with E-state index in [0.717, 1.165) is 18.7 Å². The number of benzene rings is 1. The fourth-order valence-electron chi connectivity index (χ4n) is 3.02. The molecule has 3 aromatic rings. The van der Waals surface area contributed by atoms with Crippen molar-refractivity contribution < 1.29 is 0 Å². The van der Waals surface area contributed by atoms with E-state index < -0.39 is 0 Å². The molecule has 0 atom stereocenters. The smallest absolute Gasteiger partial charge is 0.0944 e. The third-order valence-corrected chi connectivity index (χ3v) is 4.32. The molecule has 0 aliphatic rings. The van der Waals surface area contributed by atoms with Crippen LogP contribution in [0.5, 0.6) is 0 Å². The second-order valence-corrected chi connectivity index (χ2v) is 5.78. The zero-order chi connectivity index (χ0) is 15.0. The first-order valence-corrected chi connectivity index (χ1v) is 7.65. The zero-order valence-corrected chi connectivity index (χ0v) is 14.5. The first-order valence-electron chi connectivity index (χ1n) is 7.65. The molecule has 116 valence electrons. The molecule has 2 aromatic heterocycles. The van der Waals surface area contributed by atoms with Gasteiger partial charge in [0.15, 0.2) is 0 Å². The summed E-state index contributed by atoms with van der Waals surface area (Å²) in [6, 6.07) is 10.8. The van der Waals surface area contributed by atoms with Crippen molar-refractivity contribution in [3.63, 3.8) is 0 Å². The molecule has 0 fully saturated rings. The van der Waals surface area contributed by atoms with Gasteiger partial charge in [0, 0.05) is 29.4 Å². The van der Waals surface area contributed by atoms with Gasteiger partial charge in [-0.1, -0.05) is 36.8 Å². The van der Waals surface area contributed by atoms with Gasteiger partial charge >= 0.3 is 0 Å². The average Bonchev–Trinajstić information content (AvgIpc) is 2.74. The van der Waals surface area contributed by atoms with Crippen LogP contribution in [0.15, 0.2) is 36.5 Å². The standard InChI is InChI=1S/C19H22N2.ClH/c1-5-12-21-15(4)14(3)17-10-11-20-18(19(17)21)16-8-6-13(2)7-9-16;/h6-11H,5,12H2,1-4H3;1H. The molecule has 0 spiro atoms. The van der Waals surface area contributed by atoms with E-state index in [2.05, 4.69) is 67.6 Å². The van der Waals surface area contributed by atoms with Gasteiger partial charge in [0.05, 0.1) is 11.2 Å². The number of pyridine rings is 1. The molecule has 3 rings (SSSR count). The lowest BCUT2D eigenvalue weighted by molar-refractivity contribution is 0.683. The maximum absolute atomic E-state index is 4.68. The first-order chi connectivity index (χ1) is 10.1. The van der Waals surface area contributed by atoms with Gasteiger partial charge in [-0.15, -0.1) is 12.4 Å². The van der Waals surface area contributed by atoms with Crippen molar-refractivity contribution in [1.29, 1.82) is 0 Å². The van der Waals surface area contributed by atoms with Gasteiger partial charge in [0.1, 0.15) is 0 Å². The highest BCUT2D eigenvalue weighted by molar-refractivity contribution is 5.95. The minimum absolute atomic E-state index is 0. The van der Waals surface area contributed by atoms with E-state index in [4.69, 9.17) is 0 Å². The lowest BCUT2D eigenvalue weighted by Crippen LogP contribution is -2.01. The fraction of sp³-hybridized carbons (Fsp3) is 0.316. The second kappa shape index (κ2) is 6.53. The van der Waals surface area contributed by atoms with Gasteiger partial charge < -0.3 is 4.57 Å². The number of fused-ring (bicyclic) bond motifs is 1. The number of aromatic nitrogens is 2. The maximum Gasteiger partial charge on any atom is 0.0944 e. The van der Waals surface area contributed by atoms with Crippen LogP contribution in [0.1, 0.15) is 30.2 Å². The van der Waals surface area contributed by atoms with Crippen LogP contribution in [0, 0.1) is 20.8 Å². The van der Waals surface area contributed by atoms with Gasteiger partial charge in [-0.3, -0.25) is 4.98 Å². The SMILES string of the molecule is CCCn1c(C)c(C)c2ccnc(-c3ccc(C)cc3)c21.Cl. The van der Waals surface area contributed by atoms with Crippen molar-refractivity contribution in [1.82, 2.24) is 9.55 Å². The van der Waals surface area contributed by atoms with Gasteiger partial charge in [0.25, 0.3) is 0 Å². The van der Waals surface area contributed by atoms with Crippen LogP contribution in [0.25, 0.3) is 22.2 Å². The lowest BCUT2D eigenvalue weighted by atomic mass is 10.1. The molecule has 0 saturated heterocycles. The third kappa shape index (κ3) is 2.64. The summed E-state index contributed by atoms with van der Waals surface area (Å²) in [5, 5.41) is 1.33. The molecule has 0 saturated carbocycles. The highest BCUT2D eigenvalue weighted by atomic mass is 35.5. The summed E-state index contributed by atoms with van der Waals surface area (Å²) in [6.45, 7) is 9.81. The zero-order valence-electron chi connectivity index (χ0n) is 13.7. The first kappa shape index (κ1) is 16.6. The summed E-state index contributed by atoms with van der Waals surface area (Å²) >= 11 is 0. The topological polar surface area (TPSA) is 17.8 Å². The molecule has 2 nitrogen and oxygen atoms in total. The number of hydrogen-bond acceptors (Lipinski definition) is 1. The number of hydrogen-bond donors (Lipinski definition) is 0. The Labute approximate surface area is 138 Å². The summed E-state index contributed by atoms with van der Waals surface area (Å²) in [7, 11) is 0. The Bertz CT molecular complexity index is 785. The molecular weight excluding hydrogens is 292 g/mol. The van der Waals surface area contributed by atoms with Gasteiger partial charge in [-0.05, 0) is 38.8 Å². The fourth-order valence-corrected chi connectivity index (χ4v) is 3.02. The number of halogens is 1. The van der Waals surface area contributed by atoms with E-state index >= 15 is 0 Å². The molecule has 0 N–H and O–H groups in total. The number of rotatable bonds is 3. The number of aryl methyl sites for hydroxylation is 3. The molecule has 0 radical (unpaired) electrons. The molecule has 0 bridgehead atoms. The van der Waals surface area contributed by atoms with E-state index in [0.29, 0.717) is 0 Å². The molecule has 2 heterocycles. The quantitative estimate of drug-likeness (QED) is 0.627. The molecule has 0 unspecified atom stereocenters. The Morgan fingerprint density at radius 1 is 1.00 bits per heavy atom. The highest BCUT2D eigenvalue weighted by Gasteiger charge is 2.15. The Kier molecular flexibility index (Phi) is 4.92. The van der Waals surface area contributed by atoms with Crippen LogP contribution >= 0.6 is 12.4 Å². The van der Waals surface area contributed by atoms with Gasteiger partial charge in [-0.25, -0.2) is 0 Å². The molecule has 0 aliphatic carbocycles. The summed E-state index contributed by atoms with van der Waals surface area (Å²) in [6.07, 6.45) is 3.06. The second-order valence-electron chi connectivity index (χ2n) is 5.78. The van der Waals surface area contributed by atoms with E-state index in [1.165, 1.54) is 33.3 Å². The van der Waals surface area contributed by atoms with Crippen molar-refractivity contribution in [3.8, 4) is 11.3 Å². The van der Waals surface area contributed by atoms with E-state index in [9.17, 15) is 0 Å². The van der Waals surface area contributed by atoms with Crippen molar-refractivity contribution in [2.45, 2.75) is 40.7 Å². The van der Waals surface area contributed by atoms with Crippen LogP contribution in [-0.4, -0.2) is 9.55 Å². The van der Waals surface area contributed by atoms with Crippen molar-refractivity contribution in [2.75, 3.05) is 0 Å². The Balaban J connectivity index is 0.00000176. The predicted octanol–water partition coefficient (Wildman–Crippen LogP) is 5.46. The predicted molar refractivity (Wildman–Crippen MR) is 96.9 cm³/mol. The minimum atomic E-state index is 0. The van der Waals surface area contributed by atoms with E-state index in [1.54, 1.807) is 0 Å². The van der Waals surface area contributed by atoms with Crippen LogP contribution in [-0.2, 0) is 6.54 Å².